The van der Waals surface area contributed by atoms with E-state index in [4.69, 9.17) is 5.73 Å². The van der Waals surface area contributed by atoms with E-state index in [0.29, 0.717) is 24.1 Å². The number of nitrogen functional groups attached to an aromatic ring is 1. The van der Waals surface area contributed by atoms with Crippen molar-refractivity contribution in [3.63, 3.8) is 0 Å². The summed E-state index contributed by atoms with van der Waals surface area (Å²) in [6.07, 6.45) is 1.11. The zero-order chi connectivity index (χ0) is 17.1. The highest BCUT2D eigenvalue weighted by Gasteiger charge is 2.12. The molecule has 0 unspecified atom stereocenters. The van der Waals surface area contributed by atoms with Gasteiger partial charge >= 0.3 is 0 Å². The second-order valence-electron chi connectivity index (χ2n) is 5.82. The molecule has 0 heterocycles. The van der Waals surface area contributed by atoms with Gasteiger partial charge in [-0.3, -0.25) is 0 Å². The predicted octanol–water partition coefficient (Wildman–Crippen LogP) is 3.57. The first-order chi connectivity index (χ1) is 11.5. The lowest BCUT2D eigenvalue weighted by Gasteiger charge is -2.13. The van der Waals surface area contributed by atoms with Gasteiger partial charge < -0.3 is 21.1 Å². The molecule has 5 N–H and O–H groups in total. The summed E-state index contributed by atoms with van der Waals surface area (Å²) in [7, 11) is 0. The van der Waals surface area contributed by atoms with Crippen LogP contribution >= 0.6 is 0 Å². The second kappa shape index (κ2) is 6.54. The standard InChI is InChI=1S/C20H19NO3/c21-20-15(11-13-1-6-16(22)7-2-13)5-10-19(24)18(20)12-14-3-8-17(23)9-4-14/h1-10,22-24H,11-12,21H2. The highest BCUT2D eigenvalue weighted by molar-refractivity contribution is 5.61. The van der Waals surface area contributed by atoms with Crippen molar-refractivity contribution in [2.45, 2.75) is 12.8 Å². The molecule has 0 bridgehead atoms. The molecule has 0 saturated heterocycles. The SMILES string of the molecule is Nc1c(Cc2ccc(O)cc2)ccc(O)c1Cc1ccc(O)cc1. The number of aromatic hydroxyl groups is 3. The van der Waals surface area contributed by atoms with Crippen LogP contribution < -0.4 is 5.73 Å². The largest absolute Gasteiger partial charge is 0.508 e. The topological polar surface area (TPSA) is 86.7 Å². The summed E-state index contributed by atoms with van der Waals surface area (Å²) in [6, 6.07) is 17.3. The van der Waals surface area contributed by atoms with Crippen LogP contribution in [0.2, 0.25) is 0 Å². The first-order valence-electron chi connectivity index (χ1n) is 7.68. The summed E-state index contributed by atoms with van der Waals surface area (Å²) in [5, 5.41) is 28.9. The van der Waals surface area contributed by atoms with E-state index in [1.807, 2.05) is 18.2 Å². The average Bonchev–Trinajstić information content (AvgIpc) is 2.58. The lowest BCUT2D eigenvalue weighted by atomic mass is 9.96. The quantitative estimate of drug-likeness (QED) is 0.553. The van der Waals surface area contributed by atoms with Crippen LogP contribution in [0.25, 0.3) is 0 Å². The Morgan fingerprint density at radius 2 is 1.12 bits per heavy atom. The van der Waals surface area contributed by atoms with Gasteiger partial charge in [0.1, 0.15) is 17.2 Å². The highest BCUT2D eigenvalue weighted by Crippen LogP contribution is 2.31. The van der Waals surface area contributed by atoms with Crippen molar-refractivity contribution >= 4 is 5.69 Å². The van der Waals surface area contributed by atoms with Gasteiger partial charge in [-0.15, -0.1) is 0 Å². The summed E-state index contributed by atoms with van der Waals surface area (Å²) in [5.74, 6) is 0.595. The fourth-order valence-electron chi connectivity index (χ4n) is 2.69. The monoisotopic (exact) mass is 321 g/mol. The van der Waals surface area contributed by atoms with Gasteiger partial charge in [0.25, 0.3) is 0 Å². The summed E-state index contributed by atoms with van der Waals surface area (Å²) in [6.45, 7) is 0. The Labute approximate surface area is 140 Å². The number of phenolic OH excluding ortho intramolecular Hbond substituents is 3. The van der Waals surface area contributed by atoms with Gasteiger partial charge in [-0.25, -0.2) is 0 Å². The van der Waals surface area contributed by atoms with Crippen molar-refractivity contribution < 1.29 is 15.3 Å². The first kappa shape index (κ1) is 15.7. The fraction of sp³-hybridized carbons (Fsp3) is 0.100. The van der Waals surface area contributed by atoms with E-state index in [1.165, 1.54) is 0 Å². The number of anilines is 1. The van der Waals surface area contributed by atoms with Crippen molar-refractivity contribution in [1.29, 1.82) is 0 Å². The number of hydrogen-bond acceptors (Lipinski definition) is 4. The van der Waals surface area contributed by atoms with Crippen molar-refractivity contribution in [1.82, 2.24) is 0 Å². The summed E-state index contributed by atoms with van der Waals surface area (Å²) in [4.78, 5) is 0. The third-order valence-corrected chi connectivity index (χ3v) is 4.07. The summed E-state index contributed by atoms with van der Waals surface area (Å²) < 4.78 is 0. The van der Waals surface area contributed by atoms with Crippen molar-refractivity contribution in [2.75, 3.05) is 5.73 Å². The van der Waals surface area contributed by atoms with Crippen molar-refractivity contribution in [3.8, 4) is 17.2 Å². The normalized spacial score (nSPS) is 10.7. The molecule has 0 spiro atoms. The number of nitrogens with two attached hydrogens (primary N) is 1. The van der Waals surface area contributed by atoms with Gasteiger partial charge in [0.05, 0.1) is 0 Å². The lowest BCUT2D eigenvalue weighted by Crippen LogP contribution is -2.02. The maximum Gasteiger partial charge on any atom is 0.121 e. The molecule has 0 saturated carbocycles. The van der Waals surface area contributed by atoms with Crippen LogP contribution in [0.15, 0.2) is 60.7 Å². The molecular formula is C20H19NO3. The molecule has 0 radical (unpaired) electrons. The van der Waals surface area contributed by atoms with Crippen LogP contribution in [0, 0.1) is 0 Å². The van der Waals surface area contributed by atoms with Crippen LogP contribution in [0.3, 0.4) is 0 Å². The second-order valence-corrected chi connectivity index (χ2v) is 5.82. The molecule has 0 aliphatic carbocycles. The third-order valence-electron chi connectivity index (χ3n) is 4.07. The van der Waals surface area contributed by atoms with Gasteiger partial charge in [-0.2, -0.15) is 0 Å². The number of hydrogen-bond donors (Lipinski definition) is 4. The molecule has 24 heavy (non-hydrogen) atoms. The zero-order valence-electron chi connectivity index (χ0n) is 13.1. The third kappa shape index (κ3) is 3.43. The molecule has 3 aromatic carbocycles. The minimum Gasteiger partial charge on any atom is -0.508 e. The van der Waals surface area contributed by atoms with Crippen LogP contribution in [0.4, 0.5) is 5.69 Å². The van der Waals surface area contributed by atoms with E-state index in [-0.39, 0.29) is 17.2 Å². The van der Waals surface area contributed by atoms with E-state index >= 15 is 0 Å². The summed E-state index contributed by atoms with van der Waals surface area (Å²) in [5.41, 5.74) is 10.4. The number of benzene rings is 3. The lowest BCUT2D eigenvalue weighted by molar-refractivity contribution is 0.469. The maximum absolute atomic E-state index is 10.2. The summed E-state index contributed by atoms with van der Waals surface area (Å²) >= 11 is 0. The van der Waals surface area contributed by atoms with Crippen molar-refractivity contribution in [3.05, 3.63) is 82.9 Å². The zero-order valence-corrected chi connectivity index (χ0v) is 13.1. The van der Waals surface area contributed by atoms with Crippen LogP contribution in [-0.4, -0.2) is 15.3 Å². The Balaban J connectivity index is 1.89. The fourth-order valence-corrected chi connectivity index (χ4v) is 2.69. The van der Waals surface area contributed by atoms with Gasteiger partial charge in [0.2, 0.25) is 0 Å². The number of rotatable bonds is 4. The Morgan fingerprint density at radius 1 is 0.625 bits per heavy atom. The molecule has 0 aliphatic rings. The first-order valence-corrected chi connectivity index (χ1v) is 7.68. The van der Waals surface area contributed by atoms with Gasteiger partial charge in [-0.05, 0) is 53.4 Å². The molecule has 0 amide bonds. The Kier molecular flexibility index (Phi) is 4.29. The molecular weight excluding hydrogens is 302 g/mol. The Hall–Kier alpha value is -3.14. The maximum atomic E-state index is 10.2. The Morgan fingerprint density at radius 3 is 1.67 bits per heavy atom. The van der Waals surface area contributed by atoms with E-state index in [0.717, 1.165) is 16.7 Å². The van der Waals surface area contributed by atoms with Crippen LogP contribution in [0.1, 0.15) is 22.3 Å². The van der Waals surface area contributed by atoms with Crippen LogP contribution in [-0.2, 0) is 12.8 Å². The van der Waals surface area contributed by atoms with E-state index in [9.17, 15) is 15.3 Å². The van der Waals surface area contributed by atoms with Crippen LogP contribution in [0.5, 0.6) is 17.2 Å². The number of phenols is 3. The minimum atomic E-state index is 0.162. The predicted molar refractivity (Wildman–Crippen MR) is 94.3 cm³/mol. The molecule has 0 aliphatic heterocycles. The molecule has 0 aromatic heterocycles. The molecule has 4 heteroatoms. The Bertz CT molecular complexity index is 840. The average molecular weight is 321 g/mol. The van der Waals surface area contributed by atoms with Crippen molar-refractivity contribution in [2.24, 2.45) is 0 Å². The molecule has 0 atom stereocenters. The van der Waals surface area contributed by atoms with E-state index < -0.39 is 0 Å². The molecule has 122 valence electrons. The van der Waals surface area contributed by atoms with Gasteiger partial charge in [0, 0.05) is 17.7 Å². The smallest absolute Gasteiger partial charge is 0.121 e. The van der Waals surface area contributed by atoms with E-state index in [2.05, 4.69) is 0 Å². The molecule has 4 nitrogen and oxygen atoms in total. The highest BCUT2D eigenvalue weighted by atomic mass is 16.3. The molecule has 0 fully saturated rings. The minimum absolute atomic E-state index is 0.162. The van der Waals surface area contributed by atoms with Gasteiger partial charge in [0.15, 0.2) is 0 Å². The van der Waals surface area contributed by atoms with E-state index in [1.54, 1.807) is 42.5 Å². The molecule has 3 rings (SSSR count). The molecule has 3 aromatic rings. The van der Waals surface area contributed by atoms with Gasteiger partial charge in [-0.1, -0.05) is 30.3 Å².